The number of nitrogens with two attached hydrogens (primary N) is 1. The molecule has 1 aromatic carbocycles. The maximum Gasteiger partial charge on any atom is 0.259 e. The Morgan fingerprint density at radius 2 is 2.10 bits per heavy atom. The Kier molecular flexibility index (Phi) is 5.89. The number of fused-ring (bicyclic) bond motifs is 1. The second-order valence-corrected chi connectivity index (χ2v) is 8.84. The molecule has 2 heterocycles. The number of hydrogen-bond donors (Lipinski definition) is 4. The molecule has 10 nitrogen and oxygen atoms in total. The summed E-state index contributed by atoms with van der Waals surface area (Å²) in [5, 5.41) is 15.1. The van der Waals surface area contributed by atoms with Crippen molar-refractivity contribution in [1.82, 2.24) is 9.97 Å². The van der Waals surface area contributed by atoms with E-state index in [9.17, 15) is 8.42 Å². The van der Waals surface area contributed by atoms with Crippen molar-refractivity contribution >= 4 is 27.6 Å². The summed E-state index contributed by atoms with van der Waals surface area (Å²) in [5.41, 5.74) is 6.44. The highest BCUT2D eigenvalue weighted by Crippen LogP contribution is 2.29. The van der Waals surface area contributed by atoms with Crippen molar-refractivity contribution in [3.63, 3.8) is 0 Å². The fourth-order valence-electron chi connectivity index (χ4n) is 2.85. The third-order valence-electron chi connectivity index (χ3n) is 4.05. The van der Waals surface area contributed by atoms with Crippen LogP contribution in [0.3, 0.4) is 0 Å². The molecule has 0 unspecified atom stereocenters. The SMILES string of the molecule is CC(C)(COc1cccc2c1C(N)=NS(=O)(=O)C2)Nc1ccnc(NCCO)n1. The molecular weight excluding hydrogens is 396 g/mol. The van der Waals surface area contributed by atoms with Gasteiger partial charge in [0.2, 0.25) is 5.95 Å². The van der Waals surface area contributed by atoms with Crippen molar-refractivity contribution < 1.29 is 18.3 Å². The van der Waals surface area contributed by atoms with Crippen molar-refractivity contribution in [3.8, 4) is 5.75 Å². The summed E-state index contributed by atoms with van der Waals surface area (Å²) in [4.78, 5) is 8.43. The van der Waals surface area contributed by atoms with Crippen LogP contribution < -0.4 is 21.1 Å². The first-order valence-electron chi connectivity index (χ1n) is 8.98. The molecule has 0 saturated carbocycles. The predicted molar refractivity (Wildman–Crippen MR) is 111 cm³/mol. The Morgan fingerprint density at radius 3 is 2.86 bits per heavy atom. The third kappa shape index (κ3) is 5.33. The third-order valence-corrected chi connectivity index (χ3v) is 5.20. The van der Waals surface area contributed by atoms with Gasteiger partial charge in [-0.25, -0.2) is 13.4 Å². The molecule has 3 rings (SSSR count). The molecule has 29 heavy (non-hydrogen) atoms. The lowest BCUT2D eigenvalue weighted by molar-refractivity contribution is 0.255. The second kappa shape index (κ2) is 8.21. The van der Waals surface area contributed by atoms with Gasteiger partial charge >= 0.3 is 0 Å². The molecule has 0 aliphatic carbocycles. The molecule has 1 aliphatic rings. The molecule has 0 bridgehead atoms. The number of amidine groups is 1. The van der Waals surface area contributed by atoms with Crippen molar-refractivity contribution in [1.29, 1.82) is 0 Å². The summed E-state index contributed by atoms with van der Waals surface area (Å²) in [6.07, 6.45) is 1.61. The minimum Gasteiger partial charge on any atom is -0.490 e. The standard InChI is InChI=1S/C18H24N6O4S/c1-18(2,23-14-6-7-20-17(22-14)21-8-9-25)11-28-13-5-3-4-12-10-29(26,27)24-16(19)15(12)13/h3-7,25H,8-11H2,1-2H3,(H2,19,24)(H2,20,21,22,23). The van der Waals surface area contributed by atoms with Gasteiger partial charge in [-0.1, -0.05) is 12.1 Å². The number of nitrogens with zero attached hydrogens (tertiary/aromatic N) is 3. The molecule has 156 valence electrons. The summed E-state index contributed by atoms with van der Waals surface area (Å²) < 4.78 is 33.2. The van der Waals surface area contributed by atoms with Crippen LogP contribution in [-0.4, -0.2) is 54.6 Å². The van der Waals surface area contributed by atoms with Gasteiger partial charge in [-0.3, -0.25) is 0 Å². The Hall–Kier alpha value is -2.92. The summed E-state index contributed by atoms with van der Waals surface area (Å²) in [6.45, 7) is 4.47. The van der Waals surface area contributed by atoms with E-state index in [1.807, 2.05) is 13.8 Å². The van der Waals surface area contributed by atoms with Crippen molar-refractivity contribution in [3.05, 3.63) is 41.6 Å². The molecule has 1 aromatic heterocycles. The monoisotopic (exact) mass is 420 g/mol. The molecular formula is C18H24N6O4S. The Labute approximate surface area is 169 Å². The number of aromatic nitrogens is 2. The topological polar surface area (TPSA) is 152 Å². The van der Waals surface area contributed by atoms with Crippen LogP contribution in [-0.2, 0) is 15.8 Å². The van der Waals surface area contributed by atoms with E-state index in [4.69, 9.17) is 15.6 Å². The molecule has 0 atom stereocenters. The number of rotatable bonds is 8. The number of anilines is 2. The van der Waals surface area contributed by atoms with Gasteiger partial charge in [0.1, 0.15) is 24.0 Å². The molecule has 5 N–H and O–H groups in total. The Morgan fingerprint density at radius 1 is 1.31 bits per heavy atom. The van der Waals surface area contributed by atoms with Crippen LogP contribution in [0.2, 0.25) is 0 Å². The molecule has 0 radical (unpaired) electrons. The fourth-order valence-corrected chi connectivity index (χ4v) is 3.94. The lowest BCUT2D eigenvalue weighted by atomic mass is 10.1. The van der Waals surface area contributed by atoms with E-state index in [-0.39, 0.29) is 24.8 Å². The van der Waals surface area contributed by atoms with E-state index in [2.05, 4.69) is 25.0 Å². The average Bonchev–Trinajstić information content (AvgIpc) is 2.63. The first-order valence-corrected chi connectivity index (χ1v) is 10.6. The number of aliphatic hydroxyl groups excluding tert-OH is 1. The highest BCUT2D eigenvalue weighted by atomic mass is 32.2. The quantitative estimate of drug-likeness (QED) is 0.483. The van der Waals surface area contributed by atoms with Gasteiger partial charge in [-0.15, -0.1) is 4.40 Å². The largest absolute Gasteiger partial charge is 0.490 e. The van der Waals surface area contributed by atoms with Crippen molar-refractivity contribution in [2.75, 3.05) is 30.4 Å². The summed E-state index contributed by atoms with van der Waals surface area (Å²) in [5.74, 6) is 1.20. The predicted octanol–water partition coefficient (Wildman–Crippen LogP) is 0.699. The number of benzene rings is 1. The highest BCUT2D eigenvalue weighted by Gasteiger charge is 2.26. The van der Waals surface area contributed by atoms with Crippen LogP contribution in [0.25, 0.3) is 0 Å². The smallest absolute Gasteiger partial charge is 0.259 e. The van der Waals surface area contributed by atoms with Gasteiger partial charge in [0.25, 0.3) is 10.0 Å². The minimum absolute atomic E-state index is 0.0184. The lowest BCUT2D eigenvalue weighted by Gasteiger charge is -2.28. The molecule has 0 fully saturated rings. The first kappa shape index (κ1) is 20.8. The summed E-state index contributed by atoms with van der Waals surface area (Å²) in [6, 6.07) is 6.89. The van der Waals surface area contributed by atoms with E-state index in [0.717, 1.165) is 0 Å². The first-order chi connectivity index (χ1) is 13.7. The molecule has 1 aliphatic heterocycles. The lowest BCUT2D eigenvalue weighted by Crippen LogP contribution is -2.38. The zero-order valence-electron chi connectivity index (χ0n) is 16.2. The van der Waals surface area contributed by atoms with E-state index in [0.29, 0.717) is 35.2 Å². The van der Waals surface area contributed by atoms with Crippen LogP contribution in [0, 0.1) is 0 Å². The van der Waals surface area contributed by atoms with Gasteiger partial charge in [0.05, 0.1) is 23.5 Å². The Balaban J connectivity index is 1.72. The number of ether oxygens (including phenoxy) is 1. The molecule has 2 aromatic rings. The van der Waals surface area contributed by atoms with Gasteiger partial charge in [-0.2, -0.15) is 4.98 Å². The minimum atomic E-state index is -3.60. The number of hydrogen-bond acceptors (Lipinski definition) is 9. The normalized spacial score (nSPS) is 15.2. The van der Waals surface area contributed by atoms with Crippen molar-refractivity contribution in [2.45, 2.75) is 25.1 Å². The number of nitrogens with one attached hydrogen (secondary N) is 2. The van der Waals surface area contributed by atoms with E-state index in [1.54, 1.807) is 30.5 Å². The molecule has 0 amide bonds. The highest BCUT2D eigenvalue weighted by molar-refractivity contribution is 7.89. The van der Waals surface area contributed by atoms with Crippen LogP contribution in [0.1, 0.15) is 25.0 Å². The van der Waals surface area contributed by atoms with Crippen LogP contribution in [0.4, 0.5) is 11.8 Å². The molecule has 0 saturated heterocycles. The summed E-state index contributed by atoms with van der Waals surface area (Å²) >= 11 is 0. The van der Waals surface area contributed by atoms with Gasteiger partial charge in [-0.05, 0) is 31.5 Å². The van der Waals surface area contributed by atoms with Gasteiger partial charge in [0, 0.05) is 12.7 Å². The summed E-state index contributed by atoms with van der Waals surface area (Å²) in [7, 11) is -3.60. The fraction of sp³-hybridized carbons (Fsp3) is 0.389. The Bertz CT molecular complexity index is 1020. The average molecular weight is 420 g/mol. The number of sulfonamides is 1. The zero-order chi connectivity index (χ0) is 21.1. The molecule has 11 heteroatoms. The van der Waals surface area contributed by atoms with Crippen LogP contribution in [0.5, 0.6) is 5.75 Å². The van der Waals surface area contributed by atoms with E-state index < -0.39 is 15.6 Å². The number of aliphatic hydroxyl groups is 1. The van der Waals surface area contributed by atoms with Gasteiger partial charge in [0.15, 0.2) is 0 Å². The van der Waals surface area contributed by atoms with Crippen LogP contribution in [0.15, 0.2) is 34.9 Å². The van der Waals surface area contributed by atoms with E-state index in [1.165, 1.54) is 0 Å². The maximum atomic E-state index is 11.8. The van der Waals surface area contributed by atoms with Crippen LogP contribution >= 0.6 is 0 Å². The molecule has 0 spiro atoms. The maximum absolute atomic E-state index is 11.8. The van der Waals surface area contributed by atoms with E-state index >= 15 is 0 Å². The van der Waals surface area contributed by atoms with Gasteiger partial charge < -0.3 is 26.2 Å². The zero-order valence-corrected chi connectivity index (χ0v) is 17.0. The van der Waals surface area contributed by atoms with Crippen molar-refractivity contribution in [2.24, 2.45) is 10.1 Å². The second-order valence-electron chi connectivity index (χ2n) is 7.21.